The first-order valence-corrected chi connectivity index (χ1v) is 23.4. The molecule has 5 aromatic heterocycles. The first-order chi connectivity index (χ1) is 36.4. The summed E-state index contributed by atoms with van der Waals surface area (Å²) in [5.41, 5.74) is 11.4. The molecule has 15 aromatic rings. The predicted octanol–water partition coefficient (Wildman–Crippen LogP) is 15.6. The summed E-state index contributed by atoms with van der Waals surface area (Å²) in [5.74, 6) is 0.914. The highest BCUT2D eigenvalue weighted by Gasteiger charge is 2.26. The summed E-state index contributed by atoms with van der Waals surface area (Å²) in [5, 5.41) is 7.60. The smallest absolute Gasteiger partial charge is 0.240 e. The van der Waals surface area contributed by atoms with Crippen molar-refractivity contribution >= 4 is 87.2 Å². The van der Waals surface area contributed by atoms with E-state index in [1.807, 2.05) is 54.6 Å². The molecule has 0 atom stereocenters. The number of fused-ring (bicyclic) bond motifs is 12. The lowest BCUT2D eigenvalue weighted by Crippen LogP contribution is -2.11. The van der Waals surface area contributed by atoms with Gasteiger partial charge < -0.3 is 9.13 Å². The average Bonchev–Trinajstić information content (AvgIpc) is 4.19. The SMILES string of the molecule is [2H]c1c([2H])c([2H])c2c(c1[2H])c1ccccc1n2-c1nc(-c2c(-c3ccc4c5ccccc5n(-c5ccccc5)c4c3)cccc2-n2c3ccccc3c3ccccc32)nc(-n2c3ccccc3c3ccccc32)n1. The molecular weight excluding hydrogens is 855 g/mol. The van der Waals surface area contributed by atoms with E-state index in [-0.39, 0.29) is 35.6 Å². The molecule has 0 aliphatic heterocycles. The average molecular weight is 898 g/mol. The fourth-order valence-electron chi connectivity index (χ4n) is 11.1. The molecule has 0 aliphatic carbocycles. The molecule has 10 aromatic carbocycles. The Hall–Kier alpha value is -9.59. The summed E-state index contributed by atoms with van der Waals surface area (Å²) in [7, 11) is 0. The van der Waals surface area contributed by atoms with Gasteiger partial charge in [0.15, 0.2) is 5.82 Å². The number of nitrogens with zero attached hydrogens (tertiary/aromatic N) is 7. The summed E-state index contributed by atoms with van der Waals surface area (Å²) in [6.45, 7) is 0. The molecule has 0 radical (unpaired) electrons. The molecule has 0 amide bonds. The van der Waals surface area contributed by atoms with Gasteiger partial charge >= 0.3 is 0 Å². The molecule has 0 bridgehead atoms. The Morgan fingerprint density at radius 2 is 0.757 bits per heavy atom. The number of benzene rings is 10. The molecular formula is C63H39N7. The second-order valence-electron chi connectivity index (χ2n) is 17.7. The lowest BCUT2D eigenvalue weighted by molar-refractivity contribution is 0.892. The molecule has 5 heterocycles. The van der Waals surface area contributed by atoms with Gasteiger partial charge in [0.25, 0.3) is 0 Å². The molecule has 0 fully saturated rings. The maximum Gasteiger partial charge on any atom is 0.240 e. The normalized spacial score (nSPS) is 12.8. The van der Waals surface area contributed by atoms with Crippen LogP contribution in [0.3, 0.4) is 0 Å². The standard InChI is InChI=1S/C63H39N7/c1-2-19-41(20-3-1)67-51-29-11-4-27-49(51)50-38-37-40(39-59(50)67)42-28-18-36-58(68-52-30-12-5-21-43(52)44-22-6-13-31-53(44)68)60(42)61-64-62(69-54-32-14-7-23-45(54)46-24-8-15-33-55(46)69)66-63(65-61)70-56-34-16-9-25-47(56)48-26-10-17-35-57(48)70/h1-39H/i7D,14D,23D,32D. The monoisotopic (exact) mass is 897 g/mol. The van der Waals surface area contributed by atoms with Crippen LogP contribution in [0.2, 0.25) is 0 Å². The molecule has 7 nitrogen and oxygen atoms in total. The van der Waals surface area contributed by atoms with E-state index in [2.05, 4.69) is 171 Å². The van der Waals surface area contributed by atoms with Gasteiger partial charge in [0.05, 0.1) is 60.9 Å². The lowest BCUT2D eigenvalue weighted by atomic mass is 9.96. The number of hydrogen-bond acceptors (Lipinski definition) is 3. The predicted molar refractivity (Wildman–Crippen MR) is 288 cm³/mol. The fraction of sp³-hybridized carbons (Fsp3) is 0. The highest BCUT2D eigenvalue weighted by atomic mass is 15.3. The minimum atomic E-state index is -0.342. The molecule has 0 N–H and O–H groups in total. The molecule has 0 aliphatic rings. The minimum Gasteiger partial charge on any atom is -0.309 e. The molecule has 0 spiro atoms. The van der Waals surface area contributed by atoms with Gasteiger partial charge in [-0.05, 0) is 77.8 Å². The highest BCUT2D eigenvalue weighted by molar-refractivity contribution is 6.13. The van der Waals surface area contributed by atoms with Crippen LogP contribution in [0.1, 0.15) is 5.48 Å². The maximum atomic E-state index is 9.50. The van der Waals surface area contributed by atoms with Gasteiger partial charge in [0.1, 0.15) is 0 Å². The Kier molecular flexibility index (Phi) is 7.41. The van der Waals surface area contributed by atoms with Crippen molar-refractivity contribution in [2.75, 3.05) is 0 Å². The zero-order chi connectivity index (χ0) is 49.3. The van der Waals surface area contributed by atoms with Crippen molar-refractivity contribution in [2.45, 2.75) is 0 Å². The number of hydrogen-bond donors (Lipinski definition) is 0. The van der Waals surface area contributed by atoms with Crippen molar-refractivity contribution < 1.29 is 5.48 Å². The maximum absolute atomic E-state index is 9.50. The van der Waals surface area contributed by atoms with Gasteiger partial charge in [-0.15, -0.1) is 0 Å². The van der Waals surface area contributed by atoms with Crippen LogP contribution in [0.4, 0.5) is 0 Å². The van der Waals surface area contributed by atoms with Gasteiger partial charge in [-0.2, -0.15) is 15.0 Å². The number of aromatic nitrogens is 7. The molecule has 0 saturated carbocycles. The van der Waals surface area contributed by atoms with Gasteiger partial charge in [0.2, 0.25) is 11.9 Å². The van der Waals surface area contributed by atoms with Crippen molar-refractivity contribution in [3.05, 3.63) is 236 Å². The Balaban J connectivity index is 1.12. The quantitative estimate of drug-likeness (QED) is 0.167. The van der Waals surface area contributed by atoms with E-state index < -0.39 is 0 Å². The van der Waals surface area contributed by atoms with Crippen LogP contribution in [-0.4, -0.2) is 33.2 Å². The largest absolute Gasteiger partial charge is 0.309 e. The topological polar surface area (TPSA) is 58.4 Å². The van der Waals surface area contributed by atoms with E-state index in [0.29, 0.717) is 28.1 Å². The van der Waals surface area contributed by atoms with Gasteiger partial charge in [-0.3, -0.25) is 9.13 Å². The highest BCUT2D eigenvalue weighted by Crippen LogP contribution is 2.43. The van der Waals surface area contributed by atoms with Crippen molar-refractivity contribution in [3.63, 3.8) is 0 Å². The Morgan fingerprint density at radius 1 is 0.314 bits per heavy atom. The molecule has 0 unspecified atom stereocenters. The third-order valence-electron chi connectivity index (χ3n) is 14.0. The van der Waals surface area contributed by atoms with Crippen LogP contribution in [0.25, 0.3) is 133 Å². The lowest BCUT2D eigenvalue weighted by Gasteiger charge is -2.19. The van der Waals surface area contributed by atoms with E-state index in [1.54, 1.807) is 4.57 Å². The van der Waals surface area contributed by atoms with Crippen LogP contribution in [0.5, 0.6) is 0 Å². The van der Waals surface area contributed by atoms with E-state index >= 15 is 0 Å². The van der Waals surface area contributed by atoms with Crippen molar-refractivity contribution in [1.29, 1.82) is 0 Å². The molecule has 15 rings (SSSR count). The molecule has 7 heteroatoms. The van der Waals surface area contributed by atoms with Crippen LogP contribution in [0, 0.1) is 0 Å². The Bertz CT molecular complexity index is 4750. The van der Waals surface area contributed by atoms with E-state index in [4.69, 9.17) is 17.7 Å². The first kappa shape index (κ1) is 34.7. The van der Waals surface area contributed by atoms with E-state index in [1.165, 1.54) is 0 Å². The van der Waals surface area contributed by atoms with Gasteiger partial charge in [-0.1, -0.05) is 170 Å². The van der Waals surface area contributed by atoms with Crippen LogP contribution in [-0.2, 0) is 0 Å². The summed E-state index contributed by atoms with van der Waals surface area (Å²) in [4.78, 5) is 16.6. The van der Waals surface area contributed by atoms with E-state index in [0.717, 1.165) is 93.5 Å². The summed E-state index contributed by atoms with van der Waals surface area (Å²) >= 11 is 0. The second-order valence-corrected chi connectivity index (χ2v) is 17.7. The van der Waals surface area contributed by atoms with Crippen molar-refractivity contribution in [3.8, 4) is 45.8 Å². The Labute approximate surface area is 406 Å². The molecule has 326 valence electrons. The molecule has 70 heavy (non-hydrogen) atoms. The third-order valence-corrected chi connectivity index (χ3v) is 14.0. The van der Waals surface area contributed by atoms with Crippen LogP contribution >= 0.6 is 0 Å². The summed E-state index contributed by atoms with van der Waals surface area (Å²) in [6.07, 6.45) is 0. The number of para-hydroxylation sites is 8. The van der Waals surface area contributed by atoms with Crippen molar-refractivity contribution in [1.82, 2.24) is 33.2 Å². The van der Waals surface area contributed by atoms with Gasteiger partial charge in [0, 0.05) is 48.8 Å². The first-order valence-electron chi connectivity index (χ1n) is 25.4. The second kappa shape index (κ2) is 15.0. The Morgan fingerprint density at radius 3 is 1.31 bits per heavy atom. The third kappa shape index (κ3) is 5.54. The number of rotatable bonds is 6. The zero-order valence-electron chi connectivity index (χ0n) is 41.3. The van der Waals surface area contributed by atoms with E-state index in [9.17, 15) is 2.74 Å². The summed E-state index contributed by atoms with van der Waals surface area (Å²) in [6, 6.07) is 72.2. The molecule has 0 saturated heterocycles. The zero-order valence-corrected chi connectivity index (χ0v) is 37.3. The fourth-order valence-corrected chi connectivity index (χ4v) is 11.1. The van der Waals surface area contributed by atoms with Crippen LogP contribution in [0.15, 0.2) is 236 Å². The van der Waals surface area contributed by atoms with Crippen molar-refractivity contribution in [2.24, 2.45) is 0 Å². The van der Waals surface area contributed by atoms with Gasteiger partial charge in [-0.25, -0.2) is 0 Å². The van der Waals surface area contributed by atoms with Crippen LogP contribution < -0.4 is 0 Å². The summed E-state index contributed by atoms with van der Waals surface area (Å²) < 4.78 is 45.0. The minimum absolute atomic E-state index is 0.129.